The molecule has 0 saturated heterocycles. The molecule has 17 heavy (non-hydrogen) atoms. The second kappa shape index (κ2) is 6.77. The van der Waals surface area contributed by atoms with Crippen LogP contribution in [-0.2, 0) is 0 Å². The SMILES string of the molecule is CCN(CC)CC(=O)c1ccc(OC)c(Br)c1. The zero-order valence-corrected chi connectivity index (χ0v) is 12.1. The number of likely N-dealkylation sites (N-methyl/N-ethyl adjacent to an activating group) is 1. The molecule has 0 unspecified atom stereocenters. The average molecular weight is 300 g/mol. The van der Waals surface area contributed by atoms with Crippen LogP contribution in [0.5, 0.6) is 5.75 Å². The van der Waals surface area contributed by atoms with Crippen LogP contribution in [0.3, 0.4) is 0 Å². The number of nitrogens with zero attached hydrogens (tertiary/aromatic N) is 1. The van der Waals surface area contributed by atoms with Crippen molar-refractivity contribution in [1.29, 1.82) is 0 Å². The third-order valence-electron chi connectivity index (χ3n) is 2.74. The first-order chi connectivity index (χ1) is 8.12. The van der Waals surface area contributed by atoms with Crippen LogP contribution >= 0.6 is 15.9 Å². The fourth-order valence-electron chi connectivity index (χ4n) is 1.58. The van der Waals surface area contributed by atoms with Gasteiger partial charge < -0.3 is 4.74 Å². The first-order valence-electron chi connectivity index (χ1n) is 5.71. The van der Waals surface area contributed by atoms with Crippen molar-refractivity contribution in [2.24, 2.45) is 0 Å². The monoisotopic (exact) mass is 299 g/mol. The van der Waals surface area contributed by atoms with Crippen LogP contribution in [0.4, 0.5) is 0 Å². The van der Waals surface area contributed by atoms with Gasteiger partial charge in [-0.05, 0) is 47.2 Å². The highest BCUT2D eigenvalue weighted by Crippen LogP contribution is 2.25. The number of ether oxygens (including phenoxy) is 1. The van der Waals surface area contributed by atoms with Crippen LogP contribution < -0.4 is 4.74 Å². The standard InChI is InChI=1S/C13H18BrNO2/c1-4-15(5-2)9-12(16)10-6-7-13(17-3)11(14)8-10/h6-8H,4-5,9H2,1-3H3. The predicted octanol–water partition coefficient (Wildman–Crippen LogP) is 2.98. The number of hydrogen-bond acceptors (Lipinski definition) is 3. The Morgan fingerprint density at radius 3 is 2.47 bits per heavy atom. The molecule has 1 aromatic carbocycles. The Balaban J connectivity index is 2.79. The Morgan fingerprint density at radius 1 is 1.35 bits per heavy atom. The maximum Gasteiger partial charge on any atom is 0.176 e. The lowest BCUT2D eigenvalue weighted by molar-refractivity contribution is 0.0937. The number of carbonyl (C=O) groups excluding carboxylic acids is 1. The van der Waals surface area contributed by atoms with Crippen LogP contribution in [0.2, 0.25) is 0 Å². The number of ketones is 1. The fraction of sp³-hybridized carbons (Fsp3) is 0.462. The molecule has 3 nitrogen and oxygen atoms in total. The molecule has 0 saturated carbocycles. The van der Waals surface area contributed by atoms with Gasteiger partial charge in [-0.25, -0.2) is 0 Å². The first kappa shape index (κ1) is 14.2. The molecule has 4 heteroatoms. The minimum atomic E-state index is 0.136. The fourth-order valence-corrected chi connectivity index (χ4v) is 2.12. The summed E-state index contributed by atoms with van der Waals surface area (Å²) in [5, 5.41) is 0. The number of carbonyl (C=O) groups is 1. The molecule has 0 radical (unpaired) electrons. The molecule has 0 amide bonds. The van der Waals surface area contributed by atoms with Crippen molar-refractivity contribution in [3.05, 3.63) is 28.2 Å². The van der Waals surface area contributed by atoms with E-state index in [1.165, 1.54) is 0 Å². The summed E-state index contributed by atoms with van der Waals surface area (Å²) in [7, 11) is 1.61. The van der Waals surface area contributed by atoms with E-state index < -0.39 is 0 Å². The smallest absolute Gasteiger partial charge is 0.176 e. The summed E-state index contributed by atoms with van der Waals surface area (Å²) in [6.07, 6.45) is 0. The van der Waals surface area contributed by atoms with Gasteiger partial charge in [-0.3, -0.25) is 9.69 Å². The van der Waals surface area contributed by atoms with E-state index in [1.807, 2.05) is 6.07 Å². The molecular weight excluding hydrogens is 282 g/mol. The van der Waals surface area contributed by atoms with Gasteiger partial charge in [-0.1, -0.05) is 13.8 Å². The average Bonchev–Trinajstić information content (AvgIpc) is 2.35. The molecule has 0 heterocycles. The van der Waals surface area contributed by atoms with Gasteiger partial charge in [0.15, 0.2) is 5.78 Å². The zero-order chi connectivity index (χ0) is 12.8. The third-order valence-corrected chi connectivity index (χ3v) is 3.36. The van der Waals surface area contributed by atoms with Crippen molar-refractivity contribution >= 4 is 21.7 Å². The van der Waals surface area contributed by atoms with Crippen LogP contribution in [0.15, 0.2) is 22.7 Å². The summed E-state index contributed by atoms with van der Waals surface area (Å²) < 4.78 is 5.95. The largest absolute Gasteiger partial charge is 0.496 e. The van der Waals surface area contributed by atoms with E-state index in [0.29, 0.717) is 12.1 Å². The first-order valence-corrected chi connectivity index (χ1v) is 6.50. The summed E-state index contributed by atoms with van der Waals surface area (Å²) in [6.45, 7) is 6.35. The number of benzene rings is 1. The Hall–Kier alpha value is -0.870. The highest BCUT2D eigenvalue weighted by atomic mass is 79.9. The molecule has 1 aromatic rings. The lowest BCUT2D eigenvalue weighted by atomic mass is 10.1. The van der Waals surface area contributed by atoms with Gasteiger partial charge in [-0.2, -0.15) is 0 Å². The highest BCUT2D eigenvalue weighted by molar-refractivity contribution is 9.10. The lowest BCUT2D eigenvalue weighted by Gasteiger charge is -2.17. The number of hydrogen-bond donors (Lipinski definition) is 0. The minimum Gasteiger partial charge on any atom is -0.496 e. The quantitative estimate of drug-likeness (QED) is 0.756. The van der Waals surface area contributed by atoms with Gasteiger partial charge in [-0.15, -0.1) is 0 Å². The molecular formula is C13H18BrNO2. The minimum absolute atomic E-state index is 0.136. The van der Waals surface area contributed by atoms with Crippen molar-refractivity contribution in [2.75, 3.05) is 26.7 Å². The predicted molar refractivity (Wildman–Crippen MR) is 72.8 cm³/mol. The van der Waals surface area contributed by atoms with Crippen molar-refractivity contribution < 1.29 is 9.53 Å². The molecule has 94 valence electrons. The molecule has 0 aliphatic carbocycles. The van der Waals surface area contributed by atoms with Crippen LogP contribution in [0.25, 0.3) is 0 Å². The topological polar surface area (TPSA) is 29.5 Å². The zero-order valence-electron chi connectivity index (χ0n) is 10.5. The summed E-state index contributed by atoms with van der Waals surface area (Å²) in [5.41, 5.74) is 0.713. The van der Waals surface area contributed by atoms with Crippen molar-refractivity contribution in [1.82, 2.24) is 4.90 Å². The van der Waals surface area contributed by atoms with Crippen molar-refractivity contribution in [2.45, 2.75) is 13.8 Å². The van der Waals surface area contributed by atoms with Crippen molar-refractivity contribution in [3.8, 4) is 5.75 Å². The molecule has 0 aromatic heterocycles. The van der Waals surface area contributed by atoms with Gasteiger partial charge >= 0.3 is 0 Å². The van der Waals surface area contributed by atoms with E-state index in [9.17, 15) is 4.79 Å². The van der Waals surface area contributed by atoms with Crippen LogP contribution in [-0.4, -0.2) is 37.4 Å². The van der Waals surface area contributed by atoms with Gasteiger partial charge in [0.1, 0.15) is 5.75 Å². The summed E-state index contributed by atoms with van der Waals surface area (Å²) >= 11 is 3.39. The number of halogens is 1. The van der Waals surface area contributed by atoms with Crippen molar-refractivity contribution in [3.63, 3.8) is 0 Å². The van der Waals surface area contributed by atoms with Crippen LogP contribution in [0, 0.1) is 0 Å². The van der Waals surface area contributed by atoms with E-state index in [1.54, 1.807) is 19.2 Å². The molecule has 1 rings (SSSR count). The molecule has 0 aliphatic rings. The second-order valence-corrected chi connectivity index (χ2v) is 4.59. The molecule has 0 aliphatic heterocycles. The number of methoxy groups -OCH3 is 1. The normalized spacial score (nSPS) is 10.6. The van der Waals surface area contributed by atoms with E-state index in [4.69, 9.17) is 4.74 Å². The Labute approximate surface area is 111 Å². The van der Waals surface area contributed by atoms with Gasteiger partial charge in [0.05, 0.1) is 18.1 Å². The second-order valence-electron chi connectivity index (χ2n) is 3.73. The number of Topliss-reactive ketones (excluding diaryl/α,β-unsaturated/α-hetero) is 1. The van der Waals surface area contributed by atoms with E-state index in [0.717, 1.165) is 23.3 Å². The van der Waals surface area contributed by atoms with Crippen LogP contribution in [0.1, 0.15) is 24.2 Å². The summed E-state index contributed by atoms with van der Waals surface area (Å²) in [4.78, 5) is 14.1. The van der Waals surface area contributed by atoms with E-state index in [2.05, 4.69) is 34.7 Å². The van der Waals surface area contributed by atoms with E-state index >= 15 is 0 Å². The molecule has 0 atom stereocenters. The Morgan fingerprint density at radius 2 is 2.00 bits per heavy atom. The summed E-state index contributed by atoms with van der Waals surface area (Å²) in [5.74, 6) is 0.876. The lowest BCUT2D eigenvalue weighted by Crippen LogP contribution is -2.29. The highest BCUT2D eigenvalue weighted by Gasteiger charge is 2.11. The summed E-state index contributed by atoms with van der Waals surface area (Å²) in [6, 6.07) is 5.42. The Kier molecular flexibility index (Phi) is 5.65. The maximum atomic E-state index is 12.0. The molecule has 0 fully saturated rings. The van der Waals surface area contributed by atoms with Gasteiger partial charge in [0.2, 0.25) is 0 Å². The van der Waals surface area contributed by atoms with Gasteiger partial charge in [0, 0.05) is 5.56 Å². The molecule has 0 N–H and O–H groups in total. The maximum absolute atomic E-state index is 12.0. The van der Waals surface area contributed by atoms with E-state index in [-0.39, 0.29) is 5.78 Å². The van der Waals surface area contributed by atoms with Gasteiger partial charge in [0.25, 0.3) is 0 Å². The molecule has 0 spiro atoms. The Bertz CT molecular complexity index is 389. The number of rotatable bonds is 6. The molecule has 0 bridgehead atoms. The third kappa shape index (κ3) is 3.82.